The third-order valence-corrected chi connectivity index (χ3v) is 5.12. The maximum atomic E-state index is 3.88. The molecule has 0 amide bonds. The van der Waals surface area contributed by atoms with E-state index in [1.54, 1.807) is 0 Å². The summed E-state index contributed by atoms with van der Waals surface area (Å²) in [7, 11) is 0. The van der Waals surface area contributed by atoms with Crippen LogP contribution < -0.4 is 0 Å². The number of benzene rings is 2. The van der Waals surface area contributed by atoms with Crippen molar-refractivity contribution in [2.24, 2.45) is 0 Å². The molecular weight excluding hydrogens is 284 g/mol. The normalized spacial score (nSPS) is 18.9. The molecule has 92 valence electrons. The molecule has 2 aromatic carbocycles. The molecule has 18 heavy (non-hydrogen) atoms. The van der Waals surface area contributed by atoms with Gasteiger partial charge in [-0.05, 0) is 35.1 Å². The van der Waals surface area contributed by atoms with Gasteiger partial charge in [-0.25, -0.2) is 0 Å². The molecule has 2 aromatic rings. The van der Waals surface area contributed by atoms with E-state index in [-0.39, 0.29) is 0 Å². The first-order valence-electron chi connectivity index (χ1n) is 6.60. The Kier molecular flexibility index (Phi) is 3.25. The fourth-order valence-electron chi connectivity index (χ4n) is 2.73. The Morgan fingerprint density at radius 3 is 2.50 bits per heavy atom. The van der Waals surface area contributed by atoms with Crippen molar-refractivity contribution >= 4 is 15.9 Å². The molecule has 0 aliphatic heterocycles. The molecule has 0 saturated carbocycles. The highest BCUT2D eigenvalue weighted by atomic mass is 79.9. The molecular formula is C17H17Br. The first-order valence-corrected chi connectivity index (χ1v) is 7.52. The SMILES string of the molecule is CCc1ccc(C(Br)C2Cc3ccccc32)cc1. The predicted octanol–water partition coefficient (Wildman–Crippen LogP) is 5.02. The maximum Gasteiger partial charge on any atom is 0.0467 e. The lowest BCUT2D eigenvalue weighted by Crippen LogP contribution is -2.20. The summed E-state index contributed by atoms with van der Waals surface area (Å²) in [6, 6.07) is 17.8. The van der Waals surface area contributed by atoms with Gasteiger partial charge in [-0.1, -0.05) is 71.4 Å². The summed E-state index contributed by atoms with van der Waals surface area (Å²) in [5, 5.41) is 0. The van der Waals surface area contributed by atoms with Crippen LogP contribution in [-0.4, -0.2) is 0 Å². The number of aryl methyl sites for hydroxylation is 1. The van der Waals surface area contributed by atoms with Gasteiger partial charge in [-0.15, -0.1) is 0 Å². The number of halogens is 1. The number of hydrogen-bond donors (Lipinski definition) is 0. The quantitative estimate of drug-likeness (QED) is 0.698. The third-order valence-electron chi connectivity index (χ3n) is 3.95. The van der Waals surface area contributed by atoms with E-state index < -0.39 is 0 Å². The van der Waals surface area contributed by atoms with Crippen molar-refractivity contribution in [1.82, 2.24) is 0 Å². The molecule has 0 saturated heterocycles. The van der Waals surface area contributed by atoms with Crippen molar-refractivity contribution in [3.63, 3.8) is 0 Å². The highest BCUT2D eigenvalue weighted by molar-refractivity contribution is 9.09. The summed E-state index contributed by atoms with van der Waals surface area (Å²) in [6.45, 7) is 2.20. The molecule has 2 unspecified atom stereocenters. The summed E-state index contributed by atoms with van der Waals surface area (Å²) < 4.78 is 0. The topological polar surface area (TPSA) is 0 Å². The van der Waals surface area contributed by atoms with E-state index in [2.05, 4.69) is 71.4 Å². The third kappa shape index (κ3) is 2.01. The van der Waals surface area contributed by atoms with Crippen molar-refractivity contribution in [3.8, 4) is 0 Å². The minimum atomic E-state index is 0.443. The Morgan fingerprint density at radius 1 is 1.11 bits per heavy atom. The lowest BCUT2D eigenvalue weighted by molar-refractivity contribution is 0.600. The van der Waals surface area contributed by atoms with Crippen molar-refractivity contribution in [2.75, 3.05) is 0 Å². The summed E-state index contributed by atoms with van der Waals surface area (Å²) in [6.07, 6.45) is 2.31. The average Bonchev–Trinajstić information content (AvgIpc) is 2.40. The highest BCUT2D eigenvalue weighted by Crippen LogP contribution is 2.47. The molecule has 0 fully saturated rings. The molecule has 1 heteroatoms. The van der Waals surface area contributed by atoms with E-state index in [4.69, 9.17) is 0 Å². The van der Waals surface area contributed by atoms with Crippen LogP contribution in [0.3, 0.4) is 0 Å². The van der Waals surface area contributed by atoms with Crippen LogP contribution in [0.25, 0.3) is 0 Å². The van der Waals surface area contributed by atoms with E-state index in [0.717, 1.165) is 6.42 Å². The summed E-state index contributed by atoms with van der Waals surface area (Å²) in [5.74, 6) is 0.633. The number of hydrogen-bond acceptors (Lipinski definition) is 0. The van der Waals surface area contributed by atoms with Gasteiger partial charge in [0.2, 0.25) is 0 Å². The fourth-order valence-corrected chi connectivity index (χ4v) is 3.51. The molecule has 0 N–H and O–H groups in total. The van der Waals surface area contributed by atoms with Gasteiger partial charge < -0.3 is 0 Å². The molecule has 3 rings (SSSR count). The first-order chi connectivity index (χ1) is 8.79. The second-order valence-electron chi connectivity index (χ2n) is 5.01. The van der Waals surface area contributed by atoms with Gasteiger partial charge in [0.25, 0.3) is 0 Å². The van der Waals surface area contributed by atoms with E-state index in [0.29, 0.717) is 10.7 Å². The van der Waals surface area contributed by atoms with E-state index in [9.17, 15) is 0 Å². The first kappa shape index (κ1) is 12.0. The zero-order valence-corrected chi connectivity index (χ0v) is 12.2. The van der Waals surface area contributed by atoms with Crippen molar-refractivity contribution < 1.29 is 0 Å². The Bertz CT molecular complexity index is 542. The Balaban J connectivity index is 1.82. The van der Waals surface area contributed by atoms with Gasteiger partial charge in [-0.2, -0.15) is 0 Å². The predicted molar refractivity (Wildman–Crippen MR) is 80.4 cm³/mol. The van der Waals surface area contributed by atoms with Gasteiger partial charge in [0.05, 0.1) is 0 Å². The standard InChI is InChI=1S/C17H17Br/c1-2-12-7-9-13(10-8-12)17(18)16-11-14-5-3-4-6-15(14)16/h3-10,16-17H,2,11H2,1H3. The summed E-state index contributed by atoms with van der Waals surface area (Å²) >= 11 is 3.88. The van der Waals surface area contributed by atoms with Crippen LogP contribution >= 0.6 is 15.9 Å². The van der Waals surface area contributed by atoms with Crippen LogP contribution in [0, 0.1) is 0 Å². The molecule has 1 aliphatic carbocycles. The molecule has 2 atom stereocenters. The zero-order chi connectivity index (χ0) is 12.5. The molecule has 0 heterocycles. The number of alkyl halides is 1. The monoisotopic (exact) mass is 300 g/mol. The lowest BCUT2D eigenvalue weighted by Gasteiger charge is -2.34. The number of fused-ring (bicyclic) bond motifs is 1. The van der Waals surface area contributed by atoms with Crippen molar-refractivity contribution in [3.05, 3.63) is 70.8 Å². The molecule has 0 nitrogen and oxygen atoms in total. The fraction of sp³-hybridized carbons (Fsp3) is 0.294. The molecule has 0 aromatic heterocycles. The van der Waals surface area contributed by atoms with Crippen LogP contribution in [0.5, 0.6) is 0 Å². The summed E-state index contributed by atoms with van der Waals surface area (Å²) in [5.41, 5.74) is 5.83. The van der Waals surface area contributed by atoms with Crippen LogP contribution in [0.2, 0.25) is 0 Å². The van der Waals surface area contributed by atoms with E-state index in [1.807, 2.05) is 0 Å². The highest BCUT2D eigenvalue weighted by Gasteiger charge is 2.31. The van der Waals surface area contributed by atoms with Crippen molar-refractivity contribution in [1.29, 1.82) is 0 Å². The van der Waals surface area contributed by atoms with E-state index in [1.165, 1.54) is 28.7 Å². The van der Waals surface area contributed by atoms with E-state index >= 15 is 0 Å². The average molecular weight is 301 g/mol. The lowest BCUT2D eigenvalue weighted by atomic mass is 9.74. The number of rotatable bonds is 3. The minimum absolute atomic E-state index is 0.443. The van der Waals surface area contributed by atoms with Gasteiger partial charge in [-0.3, -0.25) is 0 Å². The van der Waals surface area contributed by atoms with Gasteiger partial charge in [0, 0.05) is 10.7 Å². The van der Waals surface area contributed by atoms with Crippen LogP contribution in [-0.2, 0) is 12.8 Å². The molecule has 0 bridgehead atoms. The maximum absolute atomic E-state index is 3.88. The van der Waals surface area contributed by atoms with Gasteiger partial charge >= 0.3 is 0 Å². The van der Waals surface area contributed by atoms with Crippen LogP contribution in [0.1, 0.15) is 39.9 Å². The zero-order valence-electron chi connectivity index (χ0n) is 10.6. The van der Waals surface area contributed by atoms with Crippen LogP contribution in [0.15, 0.2) is 48.5 Å². The van der Waals surface area contributed by atoms with Gasteiger partial charge in [0.15, 0.2) is 0 Å². The van der Waals surface area contributed by atoms with Crippen LogP contribution in [0.4, 0.5) is 0 Å². The van der Waals surface area contributed by atoms with Gasteiger partial charge in [0.1, 0.15) is 0 Å². The van der Waals surface area contributed by atoms with Crippen molar-refractivity contribution in [2.45, 2.75) is 30.5 Å². The largest absolute Gasteiger partial charge is 0.0832 e. The Labute approximate surface area is 117 Å². The second kappa shape index (κ2) is 4.89. The minimum Gasteiger partial charge on any atom is -0.0832 e. The Morgan fingerprint density at radius 2 is 1.83 bits per heavy atom. The molecule has 1 aliphatic rings. The smallest absolute Gasteiger partial charge is 0.0467 e. The molecule has 0 radical (unpaired) electrons. The molecule has 0 spiro atoms. The second-order valence-corrected chi connectivity index (χ2v) is 5.99. The Hall–Kier alpha value is -1.08. The summed E-state index contributed by atoms with van der Waals surface area (Å²) in [4.78, 5) is 0.443.